The Balaban J connectivity index is 1.34. The summed E-state index contributed by atoms with van der Waals surface area (Å²) < 4.78 is 2.07. The van der Waals surface area contributed by atoms with E-state index in [1.54, 1.807) is 6.20 Å². The molecule has 1 unspecified atom stereocenters. The van der Waals surface area contributed by atoms with Gasteiger partial charge >= 0.3 is 0 Å². The average Bonchev–Trinajstić information content (AvgIpc) is 3.18. The number of amides is 1. The molecular formula is C29H33N5O2. The normalized spacial score (nSPS) is 20.1. The van der Waals surface area contributed by atoms with Gasteiger partial charge in [-0.1, -0.05) is 56.0 Å². The minimum Gasteiger partial charge on any atom is -0.335 e. The van der Waals surface area contributed by atoms with E-state index in [4.69, 9.17) is 0 Å². The number of nitrogens with one attached hydrogen (secondary N) is 1. The SMILES string of the molecule is CN1CCN(C(=O)c2ccc3c(c2)[nH]c(=O)c2cnn(C4CCCCCC4)c23)CC1c1ccccc1. The second-order valence-electron chi connectivity index (χ2n) is 10.4. The molecule has 1 saturated carbocycles. The van der Waals surface area contributed by atoms with E-state index in [1.165, 1.54) is 31.2 Å². The number of H-pyrrole nitrogens is 1. The Morgan fingerprint density at radius 3 is 2.53 bits per heavy atom. The number of piperazine rings is 1. The van der Waals surface area contributed by atoms with Crippen molar-refractivity contribution in [3.63, 3.8) is 0 Å². The van der Waals surface area contributed by atoms with Crippen LogP contribution in [0.1, 0.15) is 66.5 Å². The Morgan fingerprint density at radius 2 is 1.75 bits per heavy atom. The third-order valence-corrected chi connectivity index (χ3v) is 8.10. The largest absolute Gasteiger partial charge is 0.335 e. The van der Waals surface area contributed by atoms with Crippen LogP contribution in [0.2, 0.25) is 0 Å². The highest BCUT2D eigenvalue weighted by atomic mass is 16.2. The lowest BCUT2D eigenvalue weighted by molar-refractivity contribution is 0.0546. The number of aromatic nitrogens is 3. The lowest BCUT2D eigenvalue weighted by Gasteiger charge is -2.39. The molecule has 0 spiro atoms. The van der Waals surface area contributed by atoms with Gasteiger partial charge in [0.2, 0.25) is 0 Å². The van der Waals surface area contributed by atoms with Crippen molar-refractivity contribution >= 4 is 27.7 Å². The number of fused-ring (bicyclic) bond motifs is 3. The summed E-state index contributed by atoms with van der Waals surface area (Å²) in [6.45, 7) is 2.14. The molecule has 36 heavy (non-hydrogen) atoms. The highest BCUT2D eigenvalue weighted by Crippen LogP contribution is 2.32. The summed E-state index contributed by atoms with van der Waals surface area (Å²) in [5.74, 6) is 0.00385. The van der Waals surface area contributed by atoms with E-state index < -0.39 is 0 Å². The molecule has 0 radical (unpaired) electrons. The second-order valence-corrected chi connectivity index (χ2v) is 10.4. The number of pyridine rings is 1. The predicted octanol–water partition coefficient (Wildman–Crippen LogP) is 4.90. The Hall–Kier alpha value is -3.45. The summed E-state index contributed by atoms with van der Waals surface area (Å²) >= 11 is 0. The molecule has 186 valence electrons. The zero-order chi connectivity index (χ0) is 24.6. The van der Waals surface area contributed by atoms with Crippen LogP contribution < -0.4 is 5.56 Å². The molecule has 1 aliphatic carbocycles. The highest BCUT2D eigenvalue weighted by Gasteiger charge is 2.29. The number of aromatic amines is 1. The van der Waals surface area contributed by atoms with Crippen molar-refractivity contribution in [1.82, 2.24) is 24.6 Å². The zero-order valence-electron chi connectivity index (χ0n) is 20.8. The lowest BCUT2D eigenvalue weighted by atomic mass is 10.0. The van der Waals surface area contributed by atoms with Gasteiger partial charge in [-0.25, -0.2) is 0 Å². The first kappa shape index (κ1) is 23.0. The first-order valence-electron chi connectivity index (χ1n) is 13.2. The molecule has 2 aliphatic rings. The fourth-order valence-corrected chi connectivity index (χ4v) is 6.03. The first-order valence-corrected chi connectivity index (χ1v) is 13.2. The Labute approximate surface area is 210 Å². The lowest BCUT2D eigenvalue weighted by Crippen LogP contribution is -2.49. The van der Waals surface area contributed by atoms with Gasteiger partial charge in [-0.05, 0) is 43.7 Å². The van der Waals surface area contributed by atoms with E-state index in [0.29, 0.717) is 35.6 Å². The van der Waals surface area contributed by atoms with Gasteiger partial charge in [0.05, 0.1) is 34.7 Å². The minimum atomic E-state index is -0.147. The van der Waals surface area contributed by atoms with Crippen LogP contribution in [0.3, 0.4) is 0 Å². The van der Waals surface area contributed by atoms with Crippen LogP contribution in [-0.2, 0) is 0 Å². The molecule has 7 nitrogen and oxygen atoms in total. The number of carbonyl (C=O) groups is 1. The highest BCUT2D eigenvalue weighted by molar-refractivity contribution is 6.06. The molecule has 7 heteroatoms. The van der Waals surface area contributed by atoms with Crippen LogP contribution in [-0.4, -0.2) is 57.2 Å². The fourth-order valence-electron chi connectivity index (χ4n) is 6.03. The maximum atomic E-state index is 13.6. The van der Waals surface area contributed by atoms with Crippen molar-refractivity contribution in [2.45, 2.75) is 50.6 Å². The van der Waals surface area contributed by atoms with E-state index in [-0.39, 0.29) is 17.5 Å². The van der Waals surface area contributed by atoms with Crippen molar-refractivity contribution in [3.05, 3.63) is 76.2 Å². The van der Waals surface area contributed by atoms with Gasteiger partial charge in [0, 0.05) is 30.6 Å². The van der Waals surface area contributed by atoms with Crippen LogP contribution in [0.5, 0.6) is 0 Å². The van der Waals surface area contributed by atoms with Crippen LogP contribution in [0.15, 0.2) is 59.5 Å². The Morgan fingerprint density at radius 1 is 0.972 bits per heavy atom. The van der Waals surface area contributed by atoms with E-state index in [2.05, 4.69) is 38.8 Å². The van der Waals surface area contributed by atoms with Crippen molar-refractivity contribution in [2.24, 2.45) is 0 Å². The standard InChI is InChI=1S/C29H33N5O2/c1-32-15-16-33(19-26(32)20-9-5-4-6-10-20)29(36)21-13-14-23-25(17-21)31-28(35)24-18-30-34(27(23)24)22-11-7-2-3-8-12-22/h4-6,9-10,13-14,17-18,22,26H,2-3,7-8,11-12,15-16,19H2,1H3,(H,31,35). The molecule has 1 aliphatic heterocycles. The number of hydrogen-bond acceptors (Lipinski definition) is 4. The van der Waals surface area contributed by atoms with E-state index in [1.807, 2.05) is 41.3 Å². The molecule has 1 N–H and O–H groups in total. The molecule has 0 bridgehead atoms. The quantitative estimate of drug-likeness (QED) is 0.421. The Bertz CT molecular complexity index is 1450. The number of benzene rings is 2. The van der Waals surface area contributed by atoms with Crippen molar-refractivity contribution < 1.29 is 4.79 Å². The smallest absolute Gasteiger partial charge is 0.259 e. The first-order chi connectivity index (χ1) is 17.6. The number of hydrogen-bond donors (Lipinski definition) is 1. The maximum Gasteiger partial charge on any atom is 0.259 e. The maximum absolute atomic E-state index is 13.6. The number of nitrogens with zero attached hydrogens (tertiary/aromatic N) is 4. The number of carbonyl (C=O) groups excluding carboxylic acids is 1. The van der Waals surface area contributed by atoms with Crippen LogP contribution >= 0.6 is 0 Å². The van der Waals surface area contributed by atoms with Crippen molar-refractivity contribution in [1.29, 1.82) is 0 Å². The van der Waals surface area contributed by atoms with Gasteiger partial charge < -0.3 is 9.88 Å². The average molecular weight is 484 g/mol. The summed E-state index contributed by atoms with van der Waals surface area (Å²) in [5, 5.41) is 6.23. The minimum absolute atomic E-state index is 0.00385. The van der Waals surface area contributed by atoms with Gasteiger partial charge in [-0.3, -0.25) is 19.2 Å². The van der Waals surface area contributed by atoms with Crippen molar-refractivity contribution in [3.8, 4) is 0 Å². The number of likely N-dealkylation sites (N-methyl/N-ethyl adjacent to an activating group) is 1. The van der Waals surface area contributed by atoms with Crippen molar-refractivity contribution in [2.75, 3.05) is 26.7 Å². The topological polar surface area (TPSA) is 74.2 Å². The molecule has 4 aromatic rings. The molecule has 2 aromatic heterocycles. The molecule has 1 saturated heterocycles. The summed E-state index contributed by atoms with van der Waals surface area (Å²) in [6.07, 6.45) is 8.80. The molecular weight excluding hydrogens is 450 g/mol. The molecule has 2 fully saturated rings. The summed E-state index contributed by atoms with van der Waals surface area (Å²) in [6, 6.07) is 16.6. The van der Waals surface area contributed by atoms with Crippen LogP contribution in [0, 0.1) is 0 Å². The fraction of sp³-hybridized carbons (Fsp3) is 0.414. The van der Waals surface area contributed by atoms with E-state index in [0.717, 1.165) is 30.3 Å². The van der Waals surface area contributed by atoms with Gasteiger partial charge in [-0.2, -0.15) is 5.10 Å². The van der Waals surface area contributed by atoms with Gasteiger partial charge in [0.15, 0.2) is 0 Å². The molecule has 6 rings (SSSR count). The zero-order valence-corrected chi connectivity index (χ0v) is 20.8. The van der Waals surface area contributed by atoms with Gasteiger partial charge in [-0.15, -0.1) is 0 Å². The Kier molecular flexibility index (Phi) is 6.09. The second kappa shape index (κ2) is 9.54. The molecule has 1 amide bonds. The molecule has 1 atom stereocenters. The third-order valence-electron chi connectivity index (χ3n) is 8.10. The van der Waals surface area contributed by atoms with Gasteiger partial charge in [0.25, 0.3) is 11.5 Å². The van der Waals surface area contributed by atoms with Crippen LogP contribution in [0.4, 0.5) is 0 Å². The summed E-state index contributed by atoms with van der Waals surface area (Å²) in [5.41, 5.74) is 3.26. The van der Waals surface area contributed by atoms with Crippen LogP contribution in [0.25, 0.3) is 21.8 Å². The molecule has 2 aromatic carbocycles. The van der Waals surface area contributed by atoms with Gasteiger partial charge in [0.1, 0.15) is 0 Å². The van der Waals surface area contributed by atoms with E-state index in [9.17, 15) is 9.59 Å². The predicted molar refractivity (Wildman–Crippen MR) is 142 cm³/mol. The third kappa shape index (κ3) is 4.11. The monoisotopic (exact) mass is 483 g/mol. The summed E-state index contributed by atoms with van der Waals surface area (Å²) in [4.78, 5) is 33.8. The molecule has 3 heterocycles. The summed E-state index contributed by atoms with van der Waals surface area (Å²) in [7, 11) is 2.11. The number of rotatable bonds is 3. The van der Waals surface area contributed by atoms with E-state index >= 15 is 0 Å².